The third-order valence-corrected chi connectivity index (χ3v) is 9.05. The molecule has 1 aliphatic rings. The second kappa shape index (κ2) is 10.6. The number of carbonyl (C=O) groups is 2. The van der Waals surface area contributed by atoms with E-state index in [-0.39, 0.29) is 22.1 Å². The molecule has 4 rings (SSSR count). The molecular formula is C26H27ClN2O5S2. The Morgan fingerprint density at radius 2 is 1.83 bits per heavy atom. The summed E-state index contributed by atoms with van der Waals surface area (Å²) in [4.78, 5) is 26.7. The minimum absolute atomic E-state index is 0.0110. The van der Waals surface area contributed by atoms with Crippen LogP contribution >= 0.6 is 22.9 Å². The molecule has 0 bridgehead atoms. The number of hydrogen-bond acceptors (Lipinski definition) is 6. The van der Waals surface area contributed by atoms with Gasteiger partial charge in [-0.1, -0.05) is 23.7 Å². The van der Waals surface area contributed by atoms with Crippen LogP contribution in [0.25, 0.3) is 0 Å². The number of ether oxygens (including phenoxy) is 1. The van der Waals surface area contributed by atoms with Crippen LogP contribution in [0, 0.1) is 13.8 Å². The van der Waals surface area contributed by atoms with E-state index in [2.05, 4.69) is 10.0 Å². The van der Waals surface area contributed by atoms with Crippen molar-refractivity contribution in [3.05, 3.63) is 74.1 Å². The number of amides is 1. The fourth-order valence-electron chi connectivity index (χ4n) is 4.14. The highest BCUT2D eigenvalue weighted by Gasteiger charge is 2.28. The number of nitrogens with one attached hydrogen (secondary N) is 2. The number of esters is 1. The molecule has 1 amide bonds. The van der Waals surface area contributed by atoms with Gasteiger partial charge in [-0.3, -0.25) is 9.52 Å². The summed E-state index contributed by atoms with van der Waals surface area (Å²) in [6.07, 6.45) is 3.59. The number of halogens is 1. The van der Waals surface area contributed by atoms with Gasteiger partial charge in [0.15, 0.2) is 0 Å². The molecule has 0 radical (unpaired) electrons. The molecule has 36 heavy (non-hydrogen) atoms. The third kappa shape index (κ3) is 5.43. The first-order valence-corrected chi connectivity index (χ1v) is 14.3. The van der Waals surface area contributed by atoms with Gasteiger partial charge in [0.2, 0.25) is 0 Å². The van der Waals surface area contributed by atoms with E-state index in [9.17, 15) is 18.0 Å². The Kier molecular flexibility index (Phi) is 7.73. The lowest BCUT2D eigenvalue weighted by Gasteiger charge is -2.14. The molecule has 1 aliphatic carbocycles. The van der Waals surface area contributed by atoms with E-state index in [1.54, 1.807) is 19.9 Å². The van der Waals surface area contributed by atoms with Crippen LogP contribution < -0.4 is 10.0 Å². The highest BCUT2D eigenvalue weighted by atomic mass is 35.5. The Morgan fingerprint density at radius 1 is 1.08 bits per heavy atom. The Balaban J connectivity index is 1.65. The molecule has 0 atom stereocenters. The minimum atomic E-state index is -4.08. The average Bonchev–Trinajstić information content (AvgIpc) is 3.19. The van der Waals surface area contributed by atoms with Crippen molar-refractivity contribution in [1.29, 1.82) is 0 Å². The molecule has 7 nitrogen and oxygen atoms in total. The Bertz CT molecular complexity index is 1450. The number of benzene rings is 2. The molecule has 190 valence electrons. The number of carbonyl (C=O) groups excluding carboxylic acids is 2. The molecule has 2 N–H and O–H groups in total. The summed E-state index contributed by atoms with van der Waals surface area (Å²) in [5.74, 6) is -1.01. The minimum Gasteiger partial charge on any atom is -0.462 e. The van der Waals surface area contributed by atoms with E-state index in [0.29, 0.717) is 16.3 Å². The maximum atomic E-state index is 13.2. The number of fused-ring (bicyclic) bond motifs is 1. The number of aryl methyl sites for hydroxylation is 3. The van der Waals surface area contributed by atoms with Crippen molar-refractivity contribution in [3.8, 4) is 0 Å². The SMILES string of the molecule is CCOC(=O)c1c(NC(=O)c2ccc(Cl)c(S(=O)(=O)Nc3cc(C)ccc3C)c2)sc2c1CCCC2. The zero-order chi connectivity index (χ0) is 26.0. The first kappa shape index (κ1) is 26.2. The summed E-state index contributed by atoms with van der Waals surface area (Å²) in [5, 5.41) is 3.21. The highest BCUT2D eigenvalue weighted by molar-refractivity contribution is 7.92. The van der Waals surface area contributed by atoms with Crippen molar-refractivity contribution in [2.45, 2.75) is 51.3 Å². The van der Waals surface area contributed by atoms with Gasteiger partial charge >= 0.3 is 5.97 Å². The van der Waals surface area contributed by atoms with Crippen LogP contribution in [0.15, 0.2) is 41.3 Å². The van der Waals surface area contributed by atoms with Gasteiger partial charge in [0, 0.05) is 10.4 Å². The summed E-state index contributed by atoms with van der Waals surface area (Å²) < 4.78 is 34.2. The summed E-state index contributed by atoms with van der Waals surface area (Å²) in [7, 11) is -4.08. The van der Waals surface area contributed by atoms with Crippen LogP contribution in [0.1, 0.15) is 62.0 Å². The molecule has 2 aromatic carbocycles. The molecule has 0 spiro atoms. The second-order valence-electron chi connectivity index (χ2n) is 8.66. The number of hydrogen-bond donors (Lipinski definition) is 2. The fourth-order valence-corrected chi connectivity index (χ4v) is 7.07. The molecule has 1 heterocycles. The van der Waals surface area contributed by atoms with Crippen LogP contribution in [0.5, 0.6) is 0 Å². The summed E-state index contributed by atoms with van der Waals surface area (Å²) >= 11 is 7.61. The van der Waals surface area contributed by atoms with Crippen molar-refractivity contribution < 1.29 is 22.7 Å². The monoisotopic (exact) mass is 546 g/mol. The van der Waals surface area contributed by atoms with E-state index in [0.717, 1.165) is 47.3 Å². The lowest BCUT2D eigenvalue weighted by molar-refractivity contribution is 0.0526. The van der Waals surface area contributed by atoms with Crippen LogP contribution in [0.4, 0.5) is 10.7 Å². The van der Waals surface area contributed by atoms with Crippen LogP contribution in [-0.2, 0) is 27.6 Å². The molecule has 1 aromatic heterocycles. The molecule has 0 unspecified atom stereocenters. The molecule has 0 saturated heterocycles. The third-order valence-electron chi connectivity index (χ3n) is 6.00. The fraction of sp³-hybridized carbons (Fsp3) is 0.308. The number of rotatable bonds is 7. The van der Waals surface area contributed by atoms with Crippen molar-refractivity contribution >= 4 is 55.5 Å². The number of anilines is 2. The van der Waals surface area contributed by atoms with Crippen molar-refractivity contribution in [1.82, 2.24) is 0 Å². The summed E-state index contributed by atoms with van der Waals surface area (Å²) in [5.41, 5.74) is 3.50. The van der Waals surface area contributed by atoms with E-state index >= 15 is 0 Å². The highest BCUT2D eigenvalue weighted by Crippen LogP contribution is 2.39. The number of thiophene rings is 1. The largest absolute Gasteiger partial charge is 0.462 e. The zero-order valence-corrected chi connectivity index (χ0v) is 22.6. The first-order chi connectivity index (χ1) is 17.1. The molecule has 10 heteroatoms. The Labute approximate surface area is 219 Å². The van der Waals surface area contributed by atoms with Gasteiger partial charge in [-0.15, -0.1) is 11.3 Å². The standard InChI is InChI=1S/C26H27ClN2O5S2/c1-4-34-26(31)23-18-7-5-6-8-21(18)35-25(23)28-24(30)17-11-12-19(27)22(14-17)36(32,33)29-20-13-15(2)9-10-16(20)3/h9-14,29H,4-8H2,1-3H3,(H,28,30). The molecule has 0 saturated carbocycles. The first-order valence-electron chi connectivity index (χ1n) is 11.6. The van der Waals surface area contributed by atoms with Crippen LogP contribution in [-0.4, -0.2) is 26.9 Å². The topological polar surface area (TPSA) is 102 Å². The smallest absolute Gasteiger partial charge is 0.341 e. The van der Waals surface area contributed by atoms with Crippen LogP contribution in [0.3, 0.4) is 0 Å². The van der Waals surface area contributed by atoms with Gasteiger partial charge < -0.3 is 10.1 Å². The average molecular weight is 547 g/mol. The van der Waals surface area contributed by atoms with Gasteiger partial charge in [0.05, 0.1) is 22.9 Å². The molecule has 3 aromatic rings. The van der Waals surface area contributed by atoms with E-state index in [4.69, 9.17) is 16.3 Å². The zero-order valence-electron chi connectivity index (χ0n) is 20.2. The Morgan fingerprint density at radius 3 is 2.58 bits per heavy atom. The number of sulfonamides is 1. The van der Waals surface area contributed by atoms with Gasteiger partial charge in [0.25, 0.3) is 15.9 Å². The molecular weight excluding hydrogens is 520 g/mol. The van der Waals surface area contributed by atoms with Gasteiger partial charge in [-0.2, -0.15) is 0 Å². The predicted octanol–water partition coefficient (Wildman–Crippen LogP) is 6.13. The van der Waals surface area contributed by atoms with E-state index in [1.165, 1.54) is 29.5 Å². The normalized spacial score (nSPS) is 13.1. The predicted molar refractivity (Wildman–Crippen MR) is 143 cm³/mol. The lowest BCUT2D eigenvalue weighted by atomic mass is 9.95. The van der Waals surface area contributed by atoms with Gasteiger partial charge in [-0.05, 0) is 87.4 Å². The quantitative estimate of drug-likeness (QED) is 0.347. The van der Waals surface area contributed by atoms with E-state index in [1.807, 2.05) is 19.1 Å². The van der Waals surface area contributed by atoms with Crippen molar-refractivity contribution in [2.75, 3.05) is 16.6 Å². The second-order valence-corrected chi connectivity index (χ2v) is 11.8. The van der Waals surface area contributed by atoms with Crippen molar-refractivity contribution in [3.63, 3.8) is 0 Å². The van der Waals surface area contributed by atoms with Crippen LogP contribution in [0.2, 0.25) is 5.02 Å². The van der Waals surface area contributed by atoms with Gasteiger partial charge in [0.1, 0.15) is 9.90 Å². The lowest BCUT2D eigenvalue weighted by Crippen LogP contribution is -2.18. The summed E-state index contributed by atoms with van der Waals surface area (Å²) in [6.45, 7) is 5.62. The maximum absolute atomic E-state index is 13.2. The maximum Gasteiger partial charge on any atom is 0.341 e. The molecule has 0 aliphatic heterocycles. The van der Waals surface area contributed by atoms with Gasteiger partial charge in [-0.25, -0.2) is 13.2 Å². The van der Waals surface area contributed by atoms with E-state index < -0.39 is 21.9 Å². The van der Waals surface area contributed by atoms with Crippen molar-refractivity contribution in [2.24, 2.45) is 0 Å². The Hall–Kier alpha value is -2.88. The summed E-state index contributed by atoms with van der Waals surface area (Å²) in [6, 6.07) is 9.50. The molecule has 0 fully saturated rings.